The molecule has 0 amide bonds. The molecule has 1 fully saturated rings. The molecule has 0 aliphatic carbocycles. The molecule has 1 aliphatic heterocycles. The third-order valence-corrected chi connectivity index (χ3v) is 4.73. The number of nitrogens with zero attached hydrogens (tertiary/aromatic N) is 2. The summed E-state index contributed by atoms with van der Waals surface area (Å²) in [6.45, 7) is 6.47. The summed E-state index contributed by atoms with van der Waals surface area (Å²) in [5.74, 6) is 0.706. The van der Waals surface area contributed by atoms with Crippen LogP contribution < -0.4 is 5.73 Å². The minimum Gasteiger partial charge on any atom is -0.330 e. The van der Waals surface area contributed by atoms with Gasteiger partial charge < -0.3 is 5.73 Å². The van der Waals surface area contributed by atoms with Gasteiger partial charge in [0.15, 0.2) is 0 Å². The first-order valence-electron chi connectivity index (χ1n) is 5.79. The monoisotopic (exact) mass is 249 g/mol. The maximum Gasteiger partial charge on any atom is 0.281 e. The van der Waals surface area contributed by atoms with Crippen LogP contribution in [0.25, 0.3) is 0 Å². The summed E-state index contributed by atoms with van der Waals surface area (Å²) in [5.41, 5.74) is 5.53. The normalized spacial score (nSPS) is 27.4. The van der Waals surface area contributed by atoms with Gasteiger partial charge in [-0.2, -0.15) is 17.0 Å². The van der Waals surface area contributed by atoms with Crippen molar-refractivity contribution in [2.45, 2.75) is 20.3 Å². The summed E-state index contributed by atoms with van der Waals surface area (Å²) in [6, 6.07) is 0. The Hall–Kier alpha value is -0.170. The van der Waals surface area contributed by atoms with Crippen molar-refractivity contribution in [2.75, 3.05) is 33.2 Å². The Morgan fingerprint density at radius 1 is 1.38 bits per heavy atom. The van der Waals surface area contributed by atoms with Gasteiger partial charge in [0.25, 0.3) is 10.2 Å². The molecule has 1 unspecified atom stereocenters. The summed E-state index contributed by atoms with van der Waals surface area (Å²) in [7, 11) is -1.58. The largest absolute Gasteiger partial charge is 0.330 e. The van der Waals surface area contributed by atoms with E-state index in [2.05, 4.69) is 0 Å². The number of rotatable bonds is 4. The topological polar surface area (TPSA) is 66.6 Å². The highest BCUT2D eigenvalue weighted by atomic mass is 32.2. The fraction of sp³-hybridized carbons (Fsp3) is 1.00. The van der Waals surface area contributed by atoms with Gasteiger partial charge in [-0.3, -0.25) is 0 Å². The van der Waals surface area contributed by atoms with Gasteiger partial charge in [-0.1, -0.05) is 13.8 Å². The van der Waals surface area contributed by atoms with Crippen LogP contribution in [0.5, 0.6) is 0 Å². The standard InChI is InChI=1S/C10H23N3O2S/c1-9(2)6-13-8-10(4-5-11)7-12(3)16(13,14)15/h9-10H,4-8,11H2,1-3H3. The minimum absolute atomic E-state index is 0.347. The van der Waals surface area contributed by atoms with Crippen molar-refractivity contribution in [3.05, 3.63) is 0 Å². The summed E-state index contributed by atoms with van der Waals surface area (Å²) < 4.78 is 27.1. The van der Waals surface area contributed by atoms with E-state index in [9.17, 15) is 8.42 Å². The maximum absolute atomic E-state index is 12.0. The number of hydrogen-bond donors (Lipinski definition) is 1. The van der Waals surface area contributed by atoms with E-state index in [1.807, 2.05) is 13.8 Å². The van der Waals surface area contributed by atoms with E-state index in [1.54, 1.807) is 11.4 Å². The zero-order chi connectivity index (χ0) is 12.3. The smallest absolute Gasteiger partial charge is 0.281 e. The van der Waals surface area contributed by atoms with Crippen molar-refractivity contribution < 1.29 is 8.42 Å². The average Bonchev–Trinajstić information content (AvgIpc) is 2.14. The first kappa shape index (κ1) is 13.9. The summed E-state index contributed by atoms with van der Waals surface area (Å²) in [4.78, 5) is 0. The van der Waals surface area contributed by atoms with E-state index in [-0.39, 0.29) is 0 Å². The molecule has 0 radical (unpaired) electrons. The second-order valence-corrected chi connectivity index (χ2v) is 6.98. The molecule has 16 heavy (non-hydrogen) atoms. The van der Waals surface area contributed by atoms with Crippen molar-refractivity contribution in [3.63, 3.8) is 0 Å². The van der Waals surface area contributed by atoms with Gasteiger partial charge in [-0.25, -0.2) is 0 Å². The van der Waals surface area contributed by atoms with E-state index >= 15 is 0 Å². The van der Waals surface area contributed by atoms with Crippen LogP contribution in [0.3, 0.4) is 0 Å². The van der Waals surface area contributed by atoms with Gasteiger partial charge in [-0.05, 0) is 24.8 Å². The third-order valence-electron chi connectivity index (χ3n) is 2.84. The summed E-state index contributed by atoms with van der Waals surface area (Å²) in [6.07, 6.45) is 0.883. The Morgan fingerprint density at radius 3 is 2.50 bits per heavy atom. The molecule has 2 N–H and O–H groups in total. The van der Waals surface area contributed by atoms with Crippen molar-refractivity contribution in [1.82, 2.24) is 8.61 Å². The van der Waals surface area contributed by atoms with Crippen LogP contribution in [0.1, 0.15) is 20.3 Å². The molecule has 1 rings (SSSR count). The van der Waals surface area contributed by atoms with Gasteiger partial charge in [0.1, 0.15) is 0 Å². The Balaban J connectivity index is 2.76. The zero-order valence-electron chi connectivity index (χ0n) is 10.4. The highest BCUT2D eigenvalue weighted by Gasteiger charge is 2.35. The van der Waals surface area contributed by atoms with Crippen LogP contribution in [0.4, 0.5) is 0 Å². The molecule has 0 aromatic rings. The van der Waals surface area contributed by atoms with Gasteiger partial charge >= 0.3 is 0 Å². The minimum atomic E-state index is -3.22. The molecule has 1 aliphatic rings. The molecule has 0 spiro atoms. The molecule has 0 saturated carbocycles. The lowest BCUT2D eigenvalue weighted by Gasteiger charge is -2.38. The molecule has 96 valence electrons. The molecule has 5 nitrogen and oxygen atoms in total. The molecule has 1 atom stereocenters. The Bertz CT molecular complexity index is 316. The van der Waals surface area contributed by atoms with Crippen LogP contribution in [-0.2, 0) is 10.2 Å². The highest BCUT2D eigenvalue weighted by molar-refractivity contribution is 7.86. The highest BCUT2D eigenvalue weighted by Crippen LogP contribution is 2.21. The van der Waals surface area contributed by atoms with Crippen molar-refractivity contribution in [2.24, 2.45) is 17.6 Å². The van der Waals surface area contributed by atoms with Gasteiger partial charge in [0, 0.05) is 26.7 Å². The number of hydrogen-bond acceptors (Lipinski definition) is 3. The van der Waals surface area contributed by atoms with Crippen LogP contribution in [-0.4, -0.2) is 50.3 Å². The Morgan fingerprint density at radius 2 is 2.00 bits per heavy atom. The molecule has 1 heterocycles. The van der Waals surface area contributed by atoms with Gasteiger partial charge in [0.2, 0.25) is 0 Å². The molecule has 0 aromatic heterocycles. The van der Waals surface area contributed by atoms with Crippen LogP contribution in [0.2, 0.25) is 0 Å². The number of nitrogens with two attached hydrogens (primary N) is 1. The van der Waals surface area contributed by atoms with E-state index in [0.717, 1.165) is 6.42 Å². The summed E-state index contributed by atoms with van der Waals surface area (Å²) >= 11 is 0. The van der Waals surface area contributed by atoms with Crippen LogP contribution in [0, 0.1) is 11.8 Å². The SMILES string of the molecule is CC(C)CN1CC(CCN)CN(C)S1(=O)=O. The van der Waals surface area contributed by atoms with Crippen molar-refractivity contribution in [3.8, 4) is 0 Å². The van der Waals surface area contributed by atoms with Gasteiger partial charge in [-0.15, -0.1) is 0 Å². The third kappa shape index (κ3) is 3.16. The Kier molecular flexibility index (Phi) is 4.73. The van der Waals surface area contributed by atoms with E-state index in [4.69, 9.17) is 5.73 Å². The average molecular weight is 249 g/mol. The molecular weight excluding hydrogens is 226 g/mol. The van der Waals surface area contributed by atoms with E-state index < -0.39 is 10.2 Å². The van der Waals surface area contributed by atoms with E-state index in [1.165, 1.54) is 4.31 Å². The molecule has 1 saturated heterocycles. The quantitative estimate of drug-likeness (QED) is 0.768. The van der Waals surface area contributed by atoms with Gasteiger partial charge in [0.05, 0.1) is 0 Å². The zero-order valence-corrected chi connectivity index (χ0v) is 11.2. The van der Waals surface area contributed by atoms with Crippen LogP contribution >= 0.6 is 0 Å². The van der Waals surface area contributed by atoms with Crippen LogP contribution in [0.15, 0.2) is 0 Å². The predicted octanol–water partition coefficient (Wildman–Crippen LogP) is 0.0996. The van der Waals surface area contributed by atoms with Crippen molar-refractivity contribution >= 4 is 10.2 Å². The fourth-order valence-electron chi connectivity index (χ4n) is 2.09. The first-order chi connectivity index (χ1) is 7.37. The fourth-order valence-corrected chi connectivity index (χ4v) is 3.77. The molecule has 6 heteroatoms. The lowest BCUT2D eigenvalue weighted by Crippen LogP contribution is -2.53. The summed E-state index contributed by atoms with van der Waals surface area (Å²) in [5, 5.41) is 0. The second kappa shape index (κ2) is 5.44. The maximum atomic E-state index is 12.0. The second-order valence-electron chi connectivity index (χ2n) is 4.94. The molecule has 0 aromatic carbocycles. The lowest BCUT2D eigenvalue weighted by molar-refractivity contribution is 0.223. The Labute approximate surface area is 98.8 Å². The predicted molar refractivity (Wildman–Crippen MR) is 65.1 cm³/mol. The first-order valence-corrected chi connectivity index (χ1v) is 7.19. The van der Waals surface area contributed by atoms with Crippen molar-refractivity contribution in [1.29, 1.82) is 0 Å². The lowest BCUT2D eigenvalue weighted by atomic mass is 10.1. The molecule has 0 bridgehead atoms. The van der Waals surface area contributed by atoms with E-state index in [0.29, 0.717) is 38.0 Å². The molecular formula is C10H23N3O2S.